The van der Waals surface area contributed by atoms with Gasteiger partial charge in [-0.15, -0.1) is 0 Å². The highest BCUT2D eigenvalue weighted by Gasteiger charge is 2.35. The van der Waals surface area contributed by atoms with Crippen molar-refractivity contribution in [3.8, 4) is 0 Å². The smallest absolute Gasteiger partial charge is 0.348 e. The number of rotatable bonds is 3. The summed E-state index contributed by atoms with van der Waals surface area (Å²) in [6.07, 6.45) is -8.86. The number of carbonyl (C=O) groups is 1. The van der Waals surface area contributed by atoms with Gasteiger partial charge >= 0.3 is 12.4 Å². The first kappa shape index (κ1) is 19.5. The predicted molar refractivity (Wildman–Crippen MR) is 77.2 cm³/mol. The first-order chi connectivity index (χ1) is 11.9. The number of H-pyrrole nitrogens is 1. The number of nitrogens with zero attached hydrogens (tertiary/aromatic N) is 1. The van der Waals surface area contributed by atoms with Gasteiger partial charge in [0.2, 0.25) is 0 Å². The summed E-state index contributed by atoms with van der Waals surface area (Å²) < 4.78 is 76.3. The summed E-state index contributed by atoms with van der Waals surface area (Å²) >= 11 is 0. The van der Waals surface area contributed by atoms with E-state index in [9.17, 15) is 35.9 Å². The molecule has 0 saturated carbocycles. The minimum atomic E-state index is -4.81. The van der Waals surface area contributed by atoms with E-state index >= 15 is 0 Å². The van der Waals surface area contributed by atoms with Gasteiger partial charge in [-0.2, -0.15) is 26.3 Å². The molecule has 26 heavy (non-hydrogen) atoms. The highest BCUT2D eigenvalue weighted by atomic mass is 19.4. The summed E-state index contributed by atoms with van der Waals surface area (Å²) in [6.45, 7) is 0.511. The number of alkyl halides is 6. The second-order valence-electron chi connectivity index (χ2n) is 5.28. The SMILES string of the molecule is Cc1cc(C(F)(F)F)c(CNC(=O)c2ccc(C(F)(F)F)nc2)c(=O)[nH]1. The minimum Gasteiger partial charge on any atom is -0.348 e. The number of amides is 1. The number of nitrogens with one attached hydrogen (secondary N) is 2. The fourth-order valence-electron chi connectivity index (χ4n) is 2.11. The molecule has 0 atom stereocenters. The summed E-state index contributed by atoms with van der Waals surface area (Å²) in [7, 11) is 0. The van der Waals surface area contributed by atoms with E-state index in [1.54, 1.807) is 0 Å². The Hall–Kier alpha value is -2.85. The number of hydrogen-bond donors (Lipinski definition) is 2. The van der Waals surface area contributed by atoms with Crippen molar-refractivity contribution >= 4 is 5.91 Å². The lowest BCUT2D eigenvalue weighted by Gasteiger charge is -2.13. The third kappa shape index (κ3) is 4.41. The van der Waals surface area contributed by atoms with Gasteiger partial charge in [-0.25, -0.2) is 0 Å². The molecule has 140 valence electrons. The molecule has 0 unspecified atom stereocenters. The van der Waals surface area contributed by atoms with E-state index in [4.69, 9.17) is 0 Å². The number of carbonyl (C=O) groups excluding carboxylic acids is 1. The molecular weight excluding hydrogens is 368 g/mol. The normalized spacial score (nSPS) is 12.1. The van der Waals surface area contributed by atoms with E-state index in [-0.39, 0.29) is 11.3 Å². The van der Waals surface area contributed by atoms with E-state index in [1.165, 1.54) is 6.92 Å². The standard InChI is InChI=1S/C15H11F6N3O2/c1-7-4-10(14(16,17)18)9(13(26)24-7)6-23-12(25)8-2-3-11(22-5-8)15(19,20)21/h2-5H,6H2,1H3,(H,23,25)(H,24,26). The Morgan fingerprint density at radius 2 is 1.81 bits per heavy atom. The van der Waals surface area contributed by atoms with Crippen molar-refractivity contribution in [1.82, 2.24) is 15.3 Å². The van der Waals surface area contributed by atoms with Crippen molar-refractivity contribution in [1.29, 1.82) is 0 Å². The van der Waals surface area contributed by atoms with Crippen LogP contribution >= 0.6 is 0 Å². The largest absolute Gasteiger partial charge is 0.433 e. The lowest BCUT2D eigenvalue weighted by Crippen LogP contribution is -2.30. The molecule has 11 heteroatoms. The second kappa shape index (κ2) is 6.81. The van der Waals surface area contributed by atoms with E-state index in [2.05, 4.69) is 15.3 Å². The highest BCUT2D eigenvalue weighted by Crippen LogP contribution is 2.31. The molecular formula is C15H11F6N3O2. The highest BCUT2D eigenvalue weighted by molar-refractivity contribution is 5.93. The van der Waals surface area contributed by atoms with E-state index in [0.29, 0.717) is 12.3 Å². The van der Waals surface area contributed by atoms with Gasteiger partial charge in [-0.3, -0.25) is 14.6 Å². The molecule has 2 aromatic heterocycles. The van der Waals surface area contributed by atoms with Crippen molar-refractivity contribution in [3.63, 3.8) is 0 Å². The number of aromatic amines is 1. The van der Waals surface area contributed by atoms with Crippen LogP contribution in [0.3, 0.4) is 0 Å². The lowest BCUT2D eigenvalue weighted by molar-refractivity contribution is -0.141. The third-order valence-electron chi connectivity index (χ3n) is 3.32. The Kier molecular flexibility index (Phi) is 5.10. The van der Waals surface area contributed by atoms with Crippen LogP contribution in [0, 0.1) is 6.92 Å². The Bertz CT molecular complexity index is 869. The van der Waals surface area contributed by atoms with E-state index in [1.807, 2.05) is 0 Å². The molecule has 2 aromatic rings. The molecule has 2 rings (SSSR count). The zero-order valence-corrected chi connectivity index (χ0v) is 13.0. The third-order valence-corrected chi connectivity index (χ3v) is 3.32. The zero-order valence-electron chi connectivity index (χ0n) is 13.0. The maximum Gasteiger partial charge on any atom is 0.433 e. The van der Waals surface area contributed by atoms with Crippen LogP contribution in [0.4, 0.5) is 26.3 Å². The van der Waals surface area contributed by atoms with E-state index in [0.717, 1.165) is 12.1 Å². The van der Waals surface area contributed by atoms with Crippen LogP contribution in [0.25, 0.3) is 0 Å². The van der Waals surface area contributed by atoms with Gasteiger partial charge in [-0.1, -0.05) is 0 Å². The van der Waals surface area contributed by atoms with Crippen LogP contribution in [0.1, 0.15) is 32.9 Å². The number of hydrogen-bond acceptors (Lipinski definition) is 3. The summed E-state index contributed by atoms with van der Waals surface area (Å²) in [5.41, 5.74) is -4.47. The van der Waals surface area contributed by atoms with Crippen molar-refractivity contribution in [2.45, 2.75) is 25.8 Å². The van der Waals surface area contributed by atoms with Crippen LogP contribution < -0.4 is 10.9 Å². The van der Waals surface area contributed by atoms with Crippen molar-refractivity contribution in [2.24, 2.45) is 0 Å². The predicted octanol–water partition coefficient (Wildman–Crippen LogP) is 3.05. The van der Waals surface area contributed by atoms with Gasteiger partial charge in [-0.05, 0) is 25.1 Å². The number of aryl methyl sites for hydroxylation is 1. The van der Waals surface area contributed by atoms with Crippen LogP contribution in [0.5, 0.6) is 0 Å². The van der Waals surface area contributed by atoms with Gasteiger partial charge in [0.05, 0.1) is 11.1 Å². The van der Waals surface area contributed by atoms with Gasteiger partial charge in [0, 0.05) is 24.0 Å². The summed E-state index contributed by atoms with van der Waals surface area (Å²) in [4.78, 5) is 28.9. The molecule has 0 bridgehead atoms. The molecule has 0 aliphatic carbocycles. The van der Waals surface area contributed by atoms with Gasteiger partial charge in [0.25, 0.3) is 11.5 Å². The molecule has 2 heterocycles. The van der Waals surface area contributed by atoms with Crippen LogP contribution in [-0.2, 0) is 18.9 Å². The maximum absolute atomic E-state index is 13.0. The molecule has 5 nitrogen and oxygen atoms in total. The van der Waals surface area contributed by atoms with Crippen molar-refractivity contribution in [3.05, 3.63) is 62.8 Å². The molecule has 0 saturated heterocycles. The summed E-state index contributed by atoms with van der Waals surface area (Å²) in [5.74, 6) is -0.973. The van der Waals surface area contributed by atoms with Crippen molar-refractivity contribution < 1.29 is 31.1 Å². The Balaban J connectivity index is 2.21. The van der Waals surface area contributed by atoms with Gasteiger partial charge < -0.3 is 10.3 Å². The quantitative estimate of drug-likeness (QED) is 0.805. The molecule has 0 aliphatic heterocycles. The monoisotopic (exact) mass is 379 g/mol. The van der Waals surface area contributed by atoms with Crippen LogP contribution in [0.15, 0.2) is 29.2 Å². The minimum absolute atomic E-state index is 0.00987. The lowest BCUT2D eigenvalue weighted by atomic mass is 10.1. The Morgan fingerprint density at radius 1 is 1.15 bits per heavy atom. The topological polar surface area (TPSA) is 74.8 Å². The Labute approximate surface area is 142 Å². The maximum atomic E-state index is 13.0. The average molecular weight is 379 g/mol. The molecule has 1 amide bonds. The molecule has 0 spiro atoms. The number of pyridine rings is 2. The first-order valence-corrected chi connectivity index (χ1v) is 7.01. The Morgan fingerprint density at radius 3 is 2.31 bits per heavy atom. The molecule has 0 fully saturated rings. The summed E-state index contributed by atoms with van der Waals surface area (Å²) in [6, 6.07) is 2.12. The molecule has 2 N–H and O–H groups in total. The van der Waals surface area contributed by atoms with E-state index < -0.39 is 47.2 Å². The first-order valence-electron chi connectivity index (χ1n) is 7.01. The number of aromatic nitrogens is 2. The van der Waals surface area contributed by atoms with Crippen LogP contribution in [0.2, 0.25) is 0 Å². The van der Waals surface area contributed by atoms with Gasteiger partial charge in [0.1, 0.15) is 5.69 Å². The second-order valence-corrected chi connectivity index (χ2v) is 5.28. The molecule has 0 radical (unpaired) electrons. The fourth-order valence-corrected chi connectivity index (χ4v) is 2.11. The number of halogens is 6. The average Bonchev–Trinajstić information content (AvgIpc) is 2.51. The zero-order chi connectivity index (χ0) is 19.7. The fraction of sp³-hybridized carbons (Fsp3) is 0.267. The van der Waals surface area contributed by atoms with Gasteiger partial charge in [0.15, 0.2) is 0 Å². The molecule has 0 aliphatic rings. The van der Waals surface area contributed by atoms with Crippen molar-refractivity contribution in [2.75, 3.05) is 0 Å². The summed E-state index contributed by atoms with van der Waals surface area (Å²) in [5, 5.41) is 2.07. The van der Waals surface area contributed by atoms with Crippen LogP contribution in [-0.4, -0.2) is 15.9 Å². The molecule has 0 aromatic carbocycles.